The maximum absolute atomic E-state index is 12.3. The van der Waals surface area contributed by atoms with Crippen molar-refractivity contribution in [1.29, 1.82) is 0 Å². The molecule has 29 heavy (non-hydrogen) atoms. The predicted molar refractivity (Wildman–Crippen MR) is 105 cm³/mol. The summed E-state index contributed by atoms with van der Waals surface area (Å²) in [6.45, 7) is 2.28. The van der Waals surface area contributed by atoms with Crippen LogP contribution in [0.4, 0.5) is 0 Å². The van der Waals surface area contributed by atoms with Crippen molar-refractivity contribution >= 4 is 5.91 Å². The minimum atomic E-state index is -0.350. The Balaban J connectivity index is 1.29. The molecule has 0 radical (unpaired) electrons. The molecule has 1 aliphatic rings. The molecule has 1 aromatic carbocycles. The number of hydrogen-bond acceptors (Lipinski definition) is 6. The van der Waals surface area contributed by atoms with Crippen molar-refractivity contribution in [3.8, 4) is 5.75 Å². The van der Waals surface area contributed by atoms with E-state index in [2.05, 4.69) is 28.4 Å². The first-order chi connectivity index (χ1) is 14.2. The number of nitrogens with zero attached hydrogens (tertiary/aromatic N) is 1. The molecule has 1 amide bonds. The molecular formula is C22H22N2O5. The van der Waals surface area contributed by atoms with Gasteiger partial charge in [-0.05, 0) is 29.7 Å². The summed E-state index contributed by atoms with van der Waals surface area (Å²) >= 11 is 0. The second-order valence-electron chi connectivity index (χ2n) is 6.95. The van der Waals surface area contributed by atoms with Gasteiger partial charge in [0.05, 0.1) is 19.4 Å². The van der Waals surface area contributed by atoms with E-state index >= 15 is 0 Å². The molecule has 150 valence electrons. The van der Waals surface area contributed by atoms with Crippen molar-refractivity contribution in [2.75, 3.05) is 13.2 Å². The molecule has 0 fully saturated rings. The fourth-order valence-electron chi connectivity index (χ4n) is 3.33. The van der Waals surface area contributed by atoms with E-state index in [-0.39, 0.29) is 30.2 Å². The second kappa shape index (κ2) is 8.79. The lowest BCUT2D eigenvalue weighted by Crippen LogP contribution is -2.30. The monoisotopic (exact) mass is 394 g/mol. The van der Waals surface area contributed by atoms with Crippen LogP contribution < -0.4 is 15.5 Å². The first kappa shape index (κ1) is 19.0. The zero-order chi connectivity index (χ0) is 20.1. The summed E-state index contributed by atoms with van der Waals surface area (Å²) in [5.74, 6) is 0.884. The zero-order valence-corrected chi connectivity index (χ0v) is 15.9. The molecule has 4 rings (SSSR count). The third kappa shape index (κ3) is 4.94. The average molecular weight is 394 g/mol. The zero-order valence-electron chi connectivity index (χ0n) is 15.9. The van der Waals surface area contributed by atoms with E-state index in [9.17, 15) is 9.59 Å². The normalized spacial score (nSPS) is 13.7. The average Bonchev–Trinajstić information content (AvgIpc) is 3.25. The van der Waals surface area contributed by atoms with Crippen LogP contribution in [0.15, 0.2) is 68.6 Å². The van der Waals surface area contributed by atoms with Gasteiger partial charge in [0, 0.05) is 19.2 Å². The van der Waals surface area contributed by atoms with Crippen molar-refractivity contribution < 1.29 is 18.4 Å². The minimum absolute atomic E-state index is 0.0193. The predicted octanol–water partition coefficient (Wildman–Crippen LogP) is 2.49. The lowest BCUT2D eigenvalue weighted by Gasteiger charge is -2.28. The fourth-order valence-corrected chi connectivity index (χ4v) is 3.33. The van der Waals surface area contributed by atoms with Crippen LogP contribution >= 0.6 is 0 Å². The van der Waals surface area contributed by atoms with Crippen LogP contribution in [-0.4, -0.2) is 24.0 Å². The van der Waals surface area contributed by atoms with E-state index in [0.29, 0.717) is 18.1 Å². The SMILES string of the molecule is O=C(COc1coc(CN2CCc3ccccc3C2)cc1=O)NCc1ccco1. The van der Waals surface area contributed by atoms with Gasteiger partial charge in [-0.3, -0.25) is 14.5 Å². The van der Waals surface area contributed by atoms with Crippen LogP contribution in [0.1, 0.15) is 22.6 Å². The van der Waals surface area contributed by atoms with Gasteiger partial charge in [0.25, 0.3) is 5.91 Å². The van der Waals surface area contributed by atoms with Gasteiger partial charge in [-0.2, -0.15) is 0 Å². The summed E-state index contributed by atoms with van der Waals surface area (Å²) < 4.78 is 16.0. The van der Waals surface area contributed by atoms with E-state index in [1.54, 1.807) is 12.1 Å². The number of fused-ring (bicyclic) bond motifs is 1. The Morgan fingerprint density at radius 3 is 2.76 bits per heavy atom. The van der Waals surface area contributed by atoms with Crippen molar-refractivity contribution in [3.63, 3.8) is 0 Å². The van der Waals surface area contributed by atoms with E-state index in [1.807, 2.05) is 6.07 Å². The number of nitrogens with one attached hydrogen (secondary N) is 1. The van der Waals surface area contributed by atoms with Crippen LogP contribution in [0.5, 0.6) is 5.75 Å². The standard InChI is InChI=1S/C22H22N2O5/c25-20-10-19(13-24-8-7-16-4-1-2-5-17(16)12-24)28-14-21(20)29-15-22(26)23-11-18-6-3-9-27-18/h1-6,9-10,14H,7-8,11-13,15H2,(H,23,26). The number of amides is 1. The summed E-state index contributed by atoms with van der Waals surface area (Å²) in [6.07, 6.45) is 3.79. The first-order valence-corrected chi connectivity index (χ1v) is 9.50. The van der Waals surface area contributed by atoms with Crippen LogP contribution in [0.25, 0.3) is 0 Å². The second-order valence-corrected chi connectivity index (χ2v) is 6.95. The molecule has 0 unspecified atom stereocenters. The van der Waals surface area contributed by atoms with Crippen molar-refractivity contribution in [2.45, 2.75) is 26.1 Å². The molecule has 2 aromatic heterocycles. The van der Waals surface area contributed by atoms with Gasteiger partial charge in [0.15, 0.2) is 6.61 Å². The van der Waals surface area contributed by atoms with Crippen molar-refractivity contribution in [3.05, 3.63) is 87.9 Å². The first-order valence-electron chi connectivity index (χ1n) is 9.50. The third-order valence-corrected chi connectivity index (χ3v) is 4.84. The summed E-state index contributed by atoms with van der Waals surface area (Å²) in [7, 11) is 0. The van der Waals surface area contributed by atoms with Gasteiger partial charge in [-0.1, -0.05) is 24.3 Å². The summed E-state index contributed by atoms with van der Waals surface area (Å²) in [4.78, 5) is 26.4. The van der Waals surface area contributed by atoms with Crippen molar-refractivity contribution in [2.24, 2.45) is 0 Å². The largest absolute Gasteiger partial charge is 0.477 e. The fraction of sp³-hybridized carbons (Fsp3) is 0.273. The van der Waals surface area contributed by atoms with Gasteiger partial charge < -0.3 is 18.9 Å². The number of ether oxygens (including phenoxy) is 1. The molecule has 0 saturated heterocycles. The summed E-state index contributed by atoms with van der Waals surface area (Å²) in [5, 5.41) is 2.65. The maximum atomic E-state index is 12.3. The molecule has 0 atom stereocenters. The van der Waals surface area contributed by atoms with Gasteiger partial charge in [0.1, 0.15) is 17.8 Å². The molecule has 1 N–H and O–H groups in total. The molecule has 3 aromatic rings. The van der Waals surface area contributed by atoms with Gasteiger partial charge in [-0.25, -0.2) is 0 Å². The Bertz CT molecular complexity index is 1030. The summed E-state index contributed by atoms with van der Waals surface area (Å²) in [6, 6.07) is 13.3. The molecule has 1 aliphatic heterocycles. The smallest absolute Gasteiger partial charge is 0.258 e. The molecule has 7 heteroatoms. The Hall–Kier alpha value is -3.32. The Kier molecular flexibility index (Phi) is 5.76. The highest BCUT2D eigenvalue weighted by Crippen LogP contribution is 2.20. The third-order valence-electron chi connectivity index (χ3n) is 4.84. The van der Waals surface area contributed by atoms with E-state index in [4.69, 9.17) is 13.6 Å². The molecule has 0 saturated carbocycles. The van der Waals surface area contributed by atoms with Crippen LogP contribution in [-0.2, 0) is 30.8 Å². The van der Waals surface area contributed by atoms with Crippen molar-refractivity contribution in [1.82, 2.24) is 10.2 Å². The quantitative estimate of drug-likeness (QED) is 0.663. The Labute approximate surface area is 167 Å². The van der Waals surface area contributed by atoms with Gasteiger partial charge in [0.2, 0.25) is 11.2 Å². The van der Waals surface area contributed by atoms with Gasteiger partial charge >= 0.3 is 0 Å². The minimum Gasteiger partial charge on any atom is -0.477 e. The number of carbonyl (C=O) groups is 1. The van der Waals surface area contributed by atoms with E-state index in [1.165, 1.54) is 29.7 Å². The molecular weight excluding hydrogens is 372 g/mol. The number of benzene rings is 1. The van der Waals surface area contributed by atoms with E-state index < -0.39 is 0 Å². The molecule has 7 nitrogen and oxygen atoms in total. The molecule has 0 bridgehead atoms. The number of rotatable bonds is 7. The topological polar surface area (TPSA) is 84.9 Å². The maximum Gasteiger partial charge on any atom is 0.258 e. The highest BCUT2D eigenvalue weighted by molar-refractivity contribution is 5.77. The molecule has 3 heterocycles. The number of carbonyl (C=O) groups excluding carboxylic acids is 1. The Morgan fingerprint density at radius 1 is 1.10 bits per heavy atom. The summed E-state index contributed by atoms with van der Waals surface area (Å²) in [5.41, 5.74) is 2.38. The highest BCUT2D eigenvalue weighted by Gasteiger charge is 2.17. The Morgan fingerprint density at radius 2 is 1.97 bits per heavy atom. The lowest BCUT2D eigenvalue weighted by molar-refractivity contribution is -0.123. The highest BCUT2D eigenvalue weighted by atomic mass is 16.5. The van der Waals surface area contributed by atoms with E-state index in [0.717, 1.165) is 19.5 Å². The lowest BCUT2D eigenvalue weighted by atomic mass is 10.00. The molecule has 0 spiro atoms. The van der Waals surface area contributed by atoms with Crippen LogP contribution in [0, 0.1) is 0 Å². The molecule has 0 aliphatic carbocycles. The van der Waals surface area contributed by atoms with Crippen LogP contribution in [0.3, 0.4) is 0 Å². The number of furan rings is 1. The number of hydrogen-bond donors (Lipinski definition) is 1. The van der Waals surface area contributed by atoms with Crippen LogP contribution in [0.2, 0.25) is 0 Å². The van der Waals surface area contributed by atoms with Gasteiger partial charge in [-0.15, -0.1) is 0 Å².